The normalized spacial score (nSPS) is 19.2. The van der Waals surface area contributed by atoms with Crippen molar-refractivity contribution in [3.63, 3.8) is 0 Å². The molecule has 2 aromatic rings. The van der Waals surface area contributed by atoms with E-state index in [4.69, 9.17) is 11.6 Å². The first kappa shape index (κ1) is 12.7. The molecule has 3 rings (SSSR count). The Morgan fingerprint density at radius 2 is 1.79 bits per heavy atom. The van der Waals surface area contributed by atoms with E-state index in [0.717, 1.165) is 17.9 Å². The van der Waals surface area contributed by atoms with Gasteiger partial charge in [0.2, 0.25) is 0 Å². The summed E-state index contributed by atoms with van der Waals surface area (Å²) in [5.74, 6) is 0. The van der Waals surface area contributed by atoms with E-state index in [1.54, 1.807) is 0 Å². The molecule has 0 radical (unpaired) electrons. The Morgan fingerprint density at radius 1 is 1.05 bits per heavy atom. The van der Waals surface area contributed by atoms with Crippen molar-refractivity contribution in [1.82, 2.24) is 5.32 Å². The average Bonchev–Trinajstić information content (AvgIpc) is 2.81. The van der Waals surface area contributed by atoms with Crippen molar-refractivity contribution in [3.8, 4) is 0 Å². The molecular formula is C17H18ClN. The Kier molecular flexibility index (Phi) is 3.58. The molecule has 0 fully saturated rings. The molecule has 1 aliphatic rings. The maximum absolute atomic E-state index is 6.05. The quantitative estimate of drug-likeness (QED) is 0.884. The van der Waals surface area contributed by atoms with Crippen LogP contribution in [-0.4, -0.2) is 6.04 Å². The van der Waals surface area contributed by atoms with Gasteiger partial charge < -0.3 is 5.32 Å². The Hall–Kier alpha value is -1.31. The molecular weight excluding hydrogens is 254 g/mol. The number of hydrogen-bond donors (Lipinski definition) is 1. The van der Waals surface area contributed by atoms with Crippen molar-refractivity contribution in [1.29, 1.82) is 0 Å². The highest BCUT2D eigenvalue weighted by Gasteiger charge is 2.22. The Labute approximate surface area is 119 Å². The van der Waals surface area contributed by atoms with Crippen molar-refractivity contribution in [2.75, 3.05) is 0 Å². The van der Waals surface area contributed by atoms with Gasteiger partial charge in [0.1, 0.15) is 0 Å². The number of halogens is 1. The Balaban J connectivity index is 1.67. The van der Waals surface area contributed by atoms with Crippen LogP contribution in [0.2, 0.25) is 5.02 Å². The predicted molar refractivity (Wildman–Crippen MR) is 80.6 cm³/mol. The lowest BCUT2D eigenvalue weighted by molar-refractivity contribution is 0.467. The fourth-order valence-corrected chi connectivity index (χ4v) is 3.09. The maximum atomic E-state index is 6.05. The van der Waals surface area contributed by atoms with Gasteiger partial charge in [0.15, 0.2) is 0 Å². The van der Waals surface area contributed by atoms with Crippen molar-refractivity contribution in [2.24, 2.45) is 0 Å². The van der Waals surface area contributed by atoms with Crippen LogP contribution in [0.1, 0.15) is 29.7 Å². The monoisotopic (exact) mass is 271 g/mol. The van der Waals surface area contributed by atoms with Crippen LogP contribution in [0.15, 0.2) is 48.5 Å². The minimum absolute atomic E-state index is 0.385. The summed E-state index contributed by atoms with van der Waals surface area (Å²) in [6.07, 6.45) is 2.18. The molecule has 0 heterocycles. The molecule has 19 heavy (non-hydrogen) atoms. The summed E-state index contributed by atoms with van der Waals surface area (Å²) in [7, 11) is 0. The largest absolute Gasteiger partial charge is 0.307 e. The molecule has 2 heteroatoms. The standard InChI is InChI=1S/C17H18ClN/c1-12(13-5-3-2-4-6-13)19-17-10-14-7-8-16(18)9-15(14)11-17/h2-9,12,17,19H,10-11H2,1H3/t12-,17?/m0/s1. The summed E-state index contributed by atoms with van der Waals surface area (Å²) >= 11 is 6.05. The van der Waals surface area contributed by atoms with E-state index in [1.807, 2.05) is 6.07 Å². The first-order valence-electron chi connectivity index (χ1n) is 6.80. The maximum Gasteiger partial charge on any atom is 0.0408 e. The number of rotatable bonds is 3. The second-order valence-electron chi connectivity index (χ2n) is 5.32. The average molecular weight is 272 g/mol. The molecule has 98 valence electrons. The molecule has 0 bridgehead atoms. The van der Waals surface area contributed by atoms with E-state index in [0.29, 0.717) is 12.1 Å². The van der Waals surface area contributed by atoms with Crippen LogP contribution < -0.4 is 5.32 Å². The van der Waals surface area contributed by atoms with Crippen molar-refractivity contribution < 1.29 is 0 Å². The van der Waals surface area contributed by atoms with Crippen LogP contribution >= 0.6 is 11.6 Å². The van der Waals surface area contributed by atoms with E-state index in [-0.39, 0.29) is 0 Å². The van der Waals surface area contributed by atoms with Crippen LogP contribution in [0.5, 0.6) is 0 Å². The van der Waals surface area contributed by atoms with Gasteiger partial charge in [-0.25, -0.2) is 0 Å². The topological polar surface area (TPSA) is 12.0 Å². The lowest BCUT2D eigenvalue weighted by atomic mass is 10.1. The number of hydrogen-bond acceptors (Lipinski definition) is 1. The van der Waals surface area contributed by atoms with Crippen LogP contribution in [0, 0.1) is 0 Å². The van der Waals surface area contributed by atoms with Gasteiger partial charge >= 0.3 is 0 Å². The van der Waals surface area contributed by atoms with E-state index in [9.17, 15) is 0 Å². The lowest BCUT2D eigenvalue weighted by Gasteiger charge is -2.19. The van der Waals surface area contributed by atoms with Gasteiger partial charge in [0.05, 0.1) is 0 Å². The molecule has 0 amide bonds. The van der Waals surface area contributed by atoms with Crippen LogP contribution in [-0.2, 0) is 12.8 Å². The van der Waals surface area contributed by atoms with E-state index >= 15 is 0 Å². The van der Waals surface area contributed by atoms with Gasteiger partial charge in [-0.1, -0.05) is 48.0 Å². The van der Waals surface area contributed by atoms with Gasteiger partial charge in [0, 0.05) is 17.1 Å². The second-order valence-corrected chi connectivity index (χ2v) is 5.75. The molecule has 1 unspecified atom stereocenters. The molecule has 0 aliphatic heterocycles. The number of nitrogens with one attached hydrogen (secondary N) is 1. The third-order valence-electron chi connectivity index (χ3n) is 3.89. The summed E-state index contributed by atoms with van der Waals surface area (Å²) in [5, 5.41) is 4.56. The first-order chi connectivity index (χ1) is 9.22. The molecule has 0 spiro atoms. The fourth-order valence-electron chi connectivity index (χ4n) is 2.90. The SMILES string of the molecule is C[C@H](NC1Cc2ccc(Cl)cc2C1)c1ccccc1. The zero-order valence-electron chi connectivity index (χ0n) is 11.1. The zero-order valence-corrected chi connectivity index (χ0v) is 11.8. The van der Waals surface area contributed by atoms with E-state index in [2.05, 4.69) is 54.7 Å². The molecule has 1 nitrogen and oxygen atoms in total. The predicted octanol–water partition coefficient (Wildman–Crippen LogP) is 4.16. The summed E-state index contributed by atoms with van der Waals surface area (Å²) in [6, 6.07) is 17.8. The third-order valence-corrected chi connectivity index (χ3v) is 4.12. The zero-order chi connectivity index (χ0) is 13.2. The minimum atomic E-state index is 0.385. The highest BCUT2D eigenvalue weighted by atomic mass is 35.5. The van der Waals surface area contributed by atoms with Gasteiger partial charge in [0.25, 0.3) is 0 Å². The van der Waals surface area contributed by atoms with Crippen molar-refractivity contribution in [2.45, 2.75) is 31.8 Å². The van der Waals surface area contributed by atoms with Crippen LogP contribution in [0.25, 0.3) is 0 Å². The van der Waals surface area contributed by atoms with Gasteiger partial charge in [-0.2, -0.15) is 0 Å². The smallest absolute Gasteiger partial charge is 0.0408 e. The van der Waals surface area contributed by atoms with Crippen molar-refractivity contribution >= 4 is 11.6 Å². The molecule has 2 atom stereocenters. The highest BCUT2D eigenvalue weighted by Crippen LogP contribution is 2.26. The Bertz CT molecular complexity index is 565. The number of benzene rings is 2. The van der Waals surface area contributed by atoms with Gasteiger partial charge in [-0.15, -0.1) is 0 Å². The lowest BCUT2D eigenvalue weighted by Crippen LogP contribution is -2.31. The molecule has 0 aromatic heterocycles. The van der Waals surface area contributed by atoms with Crippen molar-refractivity contribution in [3.05, 3.63) is 70.2 Å². The molecule has 1 N–H and O–H groups in total. The van der Waals surface area contributed by atoms with Gasteiger partial charge in [-0.05, 0) is 48.6 Å². The third kappa shape index (κ3) is 2.83. The van der Waals surface area contributed by atoms with Crippen LogP contribution in [0.3, 0.4) is 0 Å². The molecule has 1 aliphatic carbocycles. The van der Waals surface area contributed by atoms with Gasteiger partial charge in [-0.3, -0.25) is 0 Å². The summed E-state index contributed by atoms with van der Waals surface area (Å²) < 4.78 is 0. The first-order valence-corrected chi connectivity index (χ1v) is 7.18. The van der Waals surface area contributed by atoms with E-state index < -0.39 is 0 Å². The van der Waals surface area contributed by atoms with E-state index in [1.165, 1.54) is 16.7 Å². The molecule has 2 aromatic carbocycles. The molecule has 0 saturated heterocycles. The summed E-state index contributed by atoms with van der Waals surface area (Å²) in [4.78, 5) is 0. The minimum Gasteiger partial charge on any atom is -0.307 e. The second kappa shape index (κ2) is 5.36. The highest BCUT2D eigenvalue weighted by molar-refractivity contribution is 6.30. The summed E-state index contributed by atoms with van der Waals surface area (Å²) in [6.45, 7) is 2.23. The Morgan fingerprint density at radius 3 is 2.58 bits per heavy atom. The molecule has 0 saturated carbocycles. The fraction of sp³-hybridized carbons (Fsp3) is 0.294. The number of fused-ring (bicyclic) bond motifs is 1. The summed E-state index contributed by atoms with van der Waals surface area (Å²) in [5.41, 5.74) is 4.17. The van der Waals surface area contributed by atoms with Crippen LogP contribution in [0.4, 0.5) is 0 Å².